The summed E-state index contributed by atoms with van der Waals surface area (Å²) in [7, 11) is 0. The van der Waals surface area contributed by atoms with Crippen LogP contribution in [0.4, 0.5) is 4.79 Å². The van der Waals surface area contributed by atoms with Crippen molar-refractivity contribution in [2.45, 2.75) is 77.6 Å². The predicted octanol–water partition coefficient (Wildman–Crippen LogP) is 1.97. The largest absolute Gasteiger partial charge is 0.465 e. The number of nitrogens with one attached hydrogen (secondary N) is 2. The van der Waals surface area contributed by atoms with E-state index in [0.29, 0.717) is 6.61 Å². The molecule has 122 valence electrons. The zero-order chi connectivity index (χ0) is 16.0. The lowest BCUT2D eigenvalue weighted by Crippen LogP contribution is -2.43. The van der Waals surface area contributed by atoms with Crippen LogP contribution in [0.3, 0.4) is 0 Å². The van der Waals surface area contributed by atoms with E-state index in [4.69, 9.17) is 9.47 Å². The molecule has 1 rings (SSSR count). The van der Waals surface area contributed by atoms with Crippen LogP contribution in [0.15, 0.2) is 0 Å². The summed E-state index contributed by atoms with van der Waals surface area (Å²) in [4.78, 5) is 23.3. The molecule has 1 fully saturated rings. The lowest BCUT2D eigenvalue weighted by Gasteiger charge is -2.22. The normalized spacial score (nSPS) is 23.5. The molecule has 2 N–H and O–H groups in total. The second-order valence-electron chi connectivity index (χ2n) is 6.49. The van der Waals surface area contributed by atoms with Crippen LogP contribution in [0.2, 0.25) is 0 Å². The molecule has 0 aromatic heterocycles. The number of ether oxygens (including phenoxy) is 2. The highest BCUT2D eigenvalue weighted by atomic mass is 16.6. The highest BCUT2D eigenvalue weighted by molar-refractivity contribution is 5.75. The maximum atomic E-state index is 11.7. The Morgan fingerprint density at radius 3 is 2.43 bits per heavy atom. The van der Waals surface area contributed by atoms with E-state index < -0.39 is 5.60 Å². The van der Waals surface area contributed by atoms with Crippen LogP contribution >= 0.6 is 0 Å². The van der Waals surface area contributed by atoms with Gasteiger partial charge in [0.15, 0.2) is 0 Å². The monoisotopic (exact) mass is 300 g/mol. The molecule has 0 spiro atoms. The molecule has 1 aliphatic rings. The van der Waals surface area contributed by atoms with E-state index in [-0.39, 0.29) is 30.2 Å². The van der Waals surface area contributed by atoms with Gasteiger partial charge >= 0.3 is 12.1 Å². The summed E-state index contributed by atoms with van der Waals surface area (Å²) in [5, 5.41) is 6.12. The van der Waals surface area contributed by atoms with Crippen molar-refractivity contribution in [1.29, 1.82) is 0 Å². The van der Waals surface area contributed by atoms with E-state index in [1.807, 2.05) is 20.8 Å². The summed E-state index contributed by atoms with van der Waals surface area (Å²) in [6.07, 6.45) is 2.21. The lowest BCUT2D eigenvalue weighted by atomic mass is 10.2. The maximum Gasteiger partial charge on any atom is 0.407 e. The quantitative estimate of drug-likeness (QED) is 0.759. The van der Waals surface area contributed by atoms with Crippen LogP contribution in [0.5, 0.6) is 0 Å². The van der Waals surface area contributed by atoms with Crippen LogP contribution in [0.25, 0.3) is 0 Å². The fourth-order valence-electron chi connectivity index (χ4n) is 2.43. The predicted molar refractivity (Wildman–Crippen MR) is 80.0 cm³/mol. The Bertz CT molecular complexity index is 365. The van der Waals surface area contributed by atoms with Gasteiger partial charge in [-0.3, -0.25) is 4.79 Å². The molecule has 0 aromatic rings. The van der Waals surface area contributed by atoms with Crippen molar-refractivity contribution >= 4 is 12.1 Å². The van der Waals surface area contributed by atoms with Gasteiger partial charge in [0.25, 0.3) is 0 Å². The Balaban J connectivity index is 2.32. The summed E-state index contributed by atoms with van der Waals surface area (Å²) in [6, 6.07) is -0.0219. The summed E-state index contributed by atoms with van der Waals surface area (Å²) in [5.41, 5.74) is -0.487. The SMILES string of the molecule is CCOC(=O)C(C)NC1CCC(NC(=O)OC(C)(C)C)C1. The van der Waals surface area contributed by atoms with Crippen LogP contribution < -0.4 is 10.6 Å². The highest BCUT2D eigenvalue weighted by Crippen LogP contribution is 2.20. The first-order valence-electron chi connectivity index (χ1n) is 7.63. The van der Waals surface area contributed by atoms with Crippen molar-refractivity contribution in [3.05, 3.63) is 0 Å². The number of carbonyl (C=O) groups excluding carboxylic acids is 2. The molecular formula is C15H28N2O4. The van der Waals surface area contributed by atoms with Crippen molar-refractivity contribution in [3.8, 4) is 0 Å². The summed E-state index contributed by atoms with van der Waals surface area (Å²) in [5.74, 6) is -0.235. The Morgan fingerprint density at radius 1 is 1.24 bits per heavy atom. The van der Waals surface area contributed by atoms with Gasteiger partial charge in [0.05, 0.1) is 6.61 Å². The molecular weight excluding hydrogens is 272 g/mol. The zero-order valence-corrected chi connectivity index (χ0v) is 13.7. The van der Waals surface area contributed by atoms with Crippen molar-refractivity contribution in [3.63, 3.8) is 0 Å². The Hall–Kier alpha value is -1.30. The molecule has 0 radical (unpaired) electrons. The van der Waals surface area contributed by atoms with Gasteiger partial charge in [0.2, 0.25) is 0 Å². The first kappa shape index (κ1) is 17.8. The molecule has 1 saturated carbocycles. The smallest absolute Gasteiger partial charge is 0.407 e. The van der Waals surface area contributed by atoms with E-state index in [1.54, 1.807) is 13.8 Å². The van der Waals surface area contributed by atoms with Crippen molar-refractivity contribution in [1.82, 2.24) is 10.6 Å². The van der Waals surface area contributed by atoms with E-state index in [1.165, 1.54) is 0 Å². The molecule has 3 unspecified atom stereocenters. The zero-order valence-electron chi connectivity index (χ0n) is 13.7. The first-order chi connectivity index (χ1) is 9.71. The number of alkyl carbamates (subject to hydrolysis) is 1. The number of carbonyl (C=O) groups is 2. The van der Waals surface area contributed by atoms with Crippen LogP contribution in [-0.2, 0) is 14.3 Å². The fraction of sp³-hybridized carbons (Fsp3) is 0.867. The summed E-state index contributed by atoms with van der Waals surface area (Å²) < 4.78 is 10.2. The van der Waals surface area contributed by atoms with Gasteiger partial charge in [-0.25, -0.2) is 4.79 Å². The van der Waals surface area contributed by atoms with Crippen LogP contribution in [0, 0.1) is 0 Å². The van der Waals surface area contributed by atoms with Gasteiger partial charge in [0.1, 0.15) is 11.6 Å². The minimum atomic E-state index is -0.487. The molecule has 1 aliphatic carbocycles. The number of hydrogen-bond acceptors (Lipinski definition) is 5. The third-order valence-electron chi connectivity index (χ3n) is 3.28. The van der Waals surface area contributed by atoms with Crippen molar-refractivity contribution < 1.29 is 19.1 Å². The topological polar surface area (TPSA) is 76.7 Å². The first-order valence-corrected chi connectivity index (χ1v) is 7.63. The van der Waals surface area contributed by atoms with Crippen molar-refractivity contribution in [2.75, 3.05) is 6.61 Å². The van der Waals surface area contributed by atoms with E-state index >= 15 is 0 Å². The molecule has 0 saturated heterocycles. The molecule has 6 nitrogen and oxygen atoms in total. The third kappa shape index (κ3) is 6.80. The second kappa shape index (κ2) is 7.64. The van der Waals surface area contributed by atoms with Crippen LogP contribution in [0.1, 0.15) is 53.9 Å². The number of hydrogen-bond donors (Lipinski definition) is 2. The minimum Gasteiger partial charge on any atom is -0.465 e. The van der Waals surface area contributed by atoms with Gasteiger partial charge in [-0.05, 0) is 53.9 Å². The molecule has 6 heteroatoms. The average molecular weight is 300 g/mol. The number of amides is 1. The van der Waals surface area contributed by atoms with E-state index in [2.05, 4.69) is 10.6 Å². The number of esters is 1. The van der Waals surface area contributed by atoms with Gasteiger partial charge < -0.3 is 20.1 Å². The Morgan fingerprint density at radius 2 is 1.86 bits per heavy atom. The molecule has 0 aliphatic heterocycles. The Labute approximate surface area is 126 Å². The molecule has 1 amide bonds. The van der Waals surface area contributed by atoms with E-state index in [0.717, 1.165) is 19.3 Å². The lowest BCUT2D eigenvalue weighted by molar-refractivity contribution is -0.145. The standard InChI is InChI=1S/C15H28N2O4/c1-6-20-13(18)10(2)16-11-7-8-12(9-11)17-14(19)21-15(3,4)5/h10-12,16H,6-9H2,1-5H3,(H,17,19). The molecule has 0 bridgehead atoms. The second-order valence-corrected chi connectivity index (χ2v) is 6.49. The van der Waals surface area contributed by atoms with Gasteiger partial charge in [-0.1, -0.05) is 0 Å². The van der Waals surface area contributed by atoms with Gasteiger partial charge in [-0.2, -0.15) is 0 Å². The molecule has 0 aromatic carbocycles. The highest BCUT2D eigenvalue weighted by Gasteiger charge is 2.29. The summed E-state index contributed by atoms with van der Waals surface area (Å²) in [6.45, 7) is 9.50. The minimum absolute atomic E-state index is 0.0896. The molecule has 3 atom stereocenters. The fourth-order valence-corrected chi connectivity index (χ4v) is 2.43. The average Bonchev–Trinajstić information content (AvgIpc) is 2.73. The maximum absolute atomic E-state index is 11.7. The van der Waals surface area contributed by atoms with Crippen molar-refractivity contribution in [2.24, 2.45) is 0 Å². The van der Waals surface area contributed by atoms with Crippen LogP contribution in [-0.4, -0.2) is 42.4 Å². The van der Waals surface area contributed by atoms with Gasteiger partial charge in [0, 0.05) is 12.1 Å². The van der Waals surface area contributed by atoms with E-state index in [9.17, 15) is 9.59 Å². The number of rotatable bonds is 5. The summed E-state index contributed by atoms with van der Waals surface area (Å²) >= 11 is 0. The molecule has 0 heterocycles. The molecule has 21 heavy (non-hydrogen) atoms. The van der Waals surface area contributed by atoms with Gasteiger partial charge in [-0.15, -0.1) is 0 Å². The third-order valence-corrected chi connectivity index (χ3v) is 3.28. The Kier molecular flexibility index (Phi) is 6.45.